The molecular formula is C15H14F3NO2. The second-order valence-electron chi connectivity index (χ2n) is 4.11. The van der Waals surface area contributed by atoms with Crippen LogP contribution >= 0.6 is 0 Å². The van der Waals surface area contributed by atoms with Gasteiger partial charge in [0, 0.05) is 12.2 Å². The number of hydrogen-bond donors (Lipinski definition) is 1. The number of hydrogen-bond acceptors (Lipinski definition) is 3. The smallest absolute Gasteiger partial charge is 0.387 e. The number of nitrogens with one attached hydrogen (secondary N) is 1. The van der Waals surface area contributed by atoms with E-state index in [0.717, 1.165) is 5.69 Å². The van der Waals surface area contributed by atoms with E-state index in [2.05, 4.69) is 10.1 Å². The maximum absolute atomic E-state index is 13.3. The molecule has 6 heteroatoms. The van der Waals surface area contributed by atoms with Gasteiger partial charge in [-0.2, -0.15) is 8.78 Å². The Hall–Kier alpha value is -2.37. The fourth-order valence-corrected chi connectivity index (χ4v) is 1.67. The van der Waals surface area contributed by atoms with E-state index in [1.807, 2.05) is 0 Å². The molecular weight excluding hydrogens is 283 g/mol. The zero-order chi connectivity index (χ0) is 15.1. The lowest BCUT2D eigenvalue weighted by Gasteiger charge is -2.10. The third-order valence-corrected chi connectivity index (χ3v) is 2.60. The molecule has 0 saturated carbocycles. The van der Waals surface area contributed by atoms with Crippen LogP contribution in [-0.2, 0) is 0 Å². The summed E-state index contributed by atoms with van der Waals surface area (Å²) in [7, 11) is 0. The molecule has 0 aliphatic carbocycles. The molecule has 21 heavy (non-hydrogen) atoms. The molecule has 0 aromatic heterocycles. The zero-order valence-electron chi connectivity index (χ0n) is 11.1. The van der Waals surface area contributed by atoms with Crippen LogP contribution < -0.4 is 14.8 Å². The van der Waals surface area contributed by atoms with Crippen molar-refractivity contribution in [3.8, 4) is 11.5 Å². The van der Waals surface area contributed by atoms with Gasteiger partial charge in [-0.05, 0) is 36.4 Å². The molecule has 0 aliphatic rings. The number of para-hydroxylation sites is 1. The van der Waals surface area contributed by atoms with E-state index in [1.54, 1.807) is 30.3 Å². The largest absolute Gasteiger partial charge is 0.489 e. The third kappa shape index (κ3) is 4.91. The lowest BCUT2D eigenvalue weighted by molar-refractivity contribution is -0.0498. The normalized spacial score (nSPS) is 10.5. The summed E-state index contributed by atoms with van der Waals surface area (Å²) in [6, 6.07) is 12.2. The predicted octanol–water partition coefficient (Wildman–Crippen LogP) is 3.92. The molecule has 3 nitrogen and oxygen atoms in total. The molecule has 112 valence electrons. The zero-order valence-corrected chi connectivity index (χ0v) is 11.1. The lowest BCUT2D eigenvalue weighted by Crippen LogP contribution is -2.12. The molecule has 2 aromatic carbocycles. The second kappa shape index (κ2) is 7.42. The second-order valence-corrected chi connectivity index (χ2v) is 4.11. The predicted molar refractivity (Wildman–Crippen MR) is 73.5 cm³/mol. The molecule has 0 aliphatic heterocycles. The highest BCUT2D eigenvalue weighted by Crippen LogP contribution is 2.18. The van der Waals surface area contributed by atoms with Crippen LogP contribution in [0.15, 0.2) is 48.5 Å². The minimum Gasteiger partial charge on any atom is -0.489 e. The summed E-state index contributed by atoms with van der Waals surface area (Å²) >= 11 is 0. The molecule has 0 bridgehead atoms. The van der Waals surface area contributed by atoms with Gasteiger partial charge >= 0.3 is 6.61 Å². The third-order valence-electron chi connectivity index (χ3n) is 2.60. The highest BCUT2D eigenvalue weighted by atomic mass is 19.3. The first kappa shape index (κ1) is 15.0. The summed E-state index contributed by atoms with van der Waals surface area (Å²) in [5.41, 5.74) is 0.730. The van der Waals surface area contributed by atoms with Crippen molar-refractivity contribution in [1.82, 2.24) is 0 Å². The Balaban J connectivity index is 1.75. The van der Waals surface area contributed by atoms with Crippen molar-refractivity contribution < 1.29 is 22.6 Å². The van der Waals surface area contributed by atoms with Gasteiger partial charge in [0.15, 0.2) is 11.6 Å². The Kier molecular flexibility index (Phi) is 5.31. The molecule has 0 amide bonds. The highest BCUT2D eigenvalue weighted by Gasteiger charge is 2.04. The van der Waals surface area contributed by atoms with Gasteiger partial charge in [0.25, 0.3) is 0 Å². The van der Waals surface area contributed by atoms with Crippen molar-refractivity contribution in [1.29, 1.82) is 0 Å². The Bertz CT molecular complexity index is 561. The Morgan fingerprint density at radius 3 is 2.38 bits per heavy atom. The molecule has 0 saturated heterocycles. The van der Waals surface area contributed by atoms with Crippen molar-refractivity contribution in [2.24, 2.45) is 0 Å². The number of alkyl halides is 2. The van der Waals surface area contributed by atoms with Crippen LogP contribution in [0.2, 0.25) is 0 Å². The minimum atomic E-state index is -2.84. The van der Waals surface area contributed by atoms with Crippen molar-refractivity contribution in [2.45, 2.75) is 6.61 Å². The quantitative estimate of drug-likeness (QED) is 0.786. The number of ether oxygens (including phenoxy) is 2. The van der Waals surface area contributed by atoms with E-state index >= 15 is 0 Å². The van der Waals surface area contributed by atoms with Gasteiger partial charge in [0.05, 0.1) is 0 Å². The minimum absolute atomic E-state index is 0.0955. The first-order chi connectivity index (χ1) is 10.1. The SMILES string of the molecule is Fc1ccccc1OCCNc1ccc(OC(F)F)cc1. The average Bonchev–Trinajstić information content (AvgIpc) is 2.46. The van der Waals surface area contributed by atoms with Crippen molar-refractivity contribution in [2.75, 3.05) is 18.5 Å². The Morgan fingerprint density at radius 2 is 1.71 bits per heavy atom. The molecule has 0 heterocycles. The molecule has 0 radical (unpaired) electrons. The van der Waals surface area contributed by atoms with Crippen LogP contribution in [0.3, 0.4) is 0 Å². The van der Waals surface area contributed by atoms with E-state index in [-0.39, 0.29) is 18.1 Å². The van der Waals surface area contributed by atoms with Crippen LogP contribution in [0.4, 0.5) is 18.9 Å². The number of rotatable bonds is 7. The van der Waals surface area contributed by atoms with E-state index in [9.17, 15) is 13.2 Å². The molecule has 2 aromatic rings. The van der Waals surface area contributed by atoms with Crippen LogP contribution in [0.1, 0.15) is 0 Å². The Labute approximate surface area is 120 Å². The summed E-state index contributed by atoms with van der Waals surface area (Å²) in [6.45, 7) is -2.11. The van der Waals surface area contributed by atoms with Gasteiger partial charge in [0.2, 0.25) is 0 Å². The van der Waals surface area contributed by atoms with E-state index in [1.165, 1.54) is 18.2 Å². The maximum atomic E-state index is 13.3. The van der Waals surface area contributed by atoms with E-state index < -0.39 is 12.4 Å². The van der Waals surface area contributed by atoms with Crippen LogP contribution in [0, 0.1) is 5.82 Å². The van der Waals surface area contributed by atoms with Crippen LogP contribution in [0.25, 0.3) is 0 Å². The van der Waals surface area contributed by atoms with Crippen molar-refractivity contribution >= 4 is 5.69 Å². The monoisotopic (exact) mass is 297 g/mol. The van der Waals surface area contributed by atoms with Gasteiger partial charge < -0.3 is 14.8 Å². The summed E-state index contributed by atoms with van der Waals surface area (Å²) in [6.07, 6.45) is 0. The number of anilines is 1. The van der Waals surface area contributed by atoms with Gasteiger partial charge in [-0.1, -0.05) is 12.1 Å². The number of halogens is 3. The fraction of sp³-hybridized carbons (Fsp3) is 0.200. The average molecular weight is 297 g/mol. The van der Waals surface area contributed by atoms with E-state index in [0.29, 0.717) is 6.54 Å². The molecule has 2 rings (SSSR count). The topological polar surface area (TPSA) is 30.5 Å². The molecule has 1 N–H and O–H groups in total. The lowest BCUT2D eigenvalue weighted by atomic mass is 10.3. The fourth-order valence-electron chi connectivity index (χ4n) is 1.67. The molecule has 0 unspecified atom stereocenters. The molecule has 0 spiro atoms. The maximum Gasteiger partial charge on any atom is 0.387 e. The highest BCUT2D eigenvalue weighted by molar-refractivity contribution is 5.46. The van der Waals surface area contributed by atoms with Gasteiger partial charge in [-0.25, -0.2) is 4.39 Å². The number of benzene rings is 2. The first-order valence-electron chi connectivity index (χ1n) is 6.31. The molecule has 0 atom stereocenters. The standard InChI is InChI=1S/C15H14F3NO2/c16-13-3-1-2-4-14(13)20-10-9-19-11-5-7-12(8-6-11)21-15(17)18/h1-8,15,19H,9-10H2. The summed E-state index contributed by atoms with van der Waals surface area (Å²) in [5, 5.41) is 3.02. The summed E-state index contributed by atoms with van der Waals surface area (Å²) in [4.78, 5) is 0. The summed E-state index contributed by atoms with van der Waals surface area (Å²) < 4.78 is 46.7. The summed E-state index contributed by atoms with van der Waals surface area (Å²) in [5.74, 6) is -0.121. The molecule has 0 fully saturated rings. The van der Waals surface area contributed by atoms with Crippen molar-refractivity contribution in [3.63, 3.8) is 0 Å². The van der Waals surface area contributed by atoms with Crippen LogP contribution in [-0.4, -0.2) is 19.8 Å². The van der Waals surface area contributed by atoms with Gasteiger partial charge in [-0.15, -0.1) is 0 Å². The van der Waals surface area contributed by atoms with Gasteiger partial charge in [0.1, 0.15) is 12.4 Å². The van der Waals surface area contributed by atoms with Gasteiger partial charge in [-0.3, -0.25) is 0 Å². The first-order valence-corrected chi connectivity index (χ1v) is 6.31. The van der Waals surface area contributed by atoms with Crippen molar-refractivity contribution in [3.05, 3.63) is 54.3 Å². The Morgan fingerprint density at radius 1 is 1.00 bits per heavy atom. The van der Waals surface area contributed by atoms with Crippen LogP contribution in [0.5, 0.6) is 11.5 Å². The van der Waals surface area contributed by atoms with E-state index in [4.69, 9.17) is 4.74 Å².